The molecular weight excluding hydrogens is 475 g/mol. The van der Waals surface area contributed by atoms with E-state index in [1.54, 1.807) is 34.6 Å². The fourth-order valence-corrected chi connectivity index (χ4v) is 4.24. The standard InChI is InChI=1S/C24H31FN4O5S/c1-14(2)19(27-23(32)34-24(3,4)5)21(31)33-17-13-16(25)9-8-15(17)12-18-20(30)28-22(35-18)29-11-7-6-10-26-29/h8-9,12-14,19,26H,6-7,10-11H2,1-5H3,(H,27,32). The third-order valence-corrected chi connectivity index (χ3v) is 6.02. The molecule has 0 spiro atoms. The van der Waals surface area contributed by atoms with Crippen LogP contribution in [0, 0.1) is 11.7 Å². The fourth-order valence-electron chi connectivity index (χ4n) is 3.33. The van der Waals surface area contributed by atoms with E-state index in [1.165, 1.54) is 30.0 Å². The number of ether oxygens (including phenoxy) is 2. The van der Waals surface area contributed by atoms with Gasteiger partial charge in [-0.05, 0) is 69.5 Å². The second-order valence-electron chi connectivity index (χ2n) is 9.55. The van der Waals surface area contributed by atoms with Gasteiger partial charge in [0.2, 0.25) is 0 Å². The van der Waals surface area contributed by atoms with E-state index < -0.39 is 35.4 Å². The zero-order chi connectivity index (χ0) is 25.8. The summed E-state index contributed by atoms with van der Waals surface area (Å²) < 4.78 is 24.8. The molecule has 11 heteroatoms. The molecule has 2 amide bonds. The number of hydrazine groups is 1. The van der Waals surface area contributed by atoms with Crippen LogP contribution in [-0.2, 0) is 14.3 Å². The van der Waals surface area contributed by atoms with Gasteiger partial charge < -0.3 is 14.8 Å². The molecule has 2 aliphatic rings. The lowest BCUT2D eigenvalue weighted by molar-refractivity contribution is -0.138. The molecule has 9 nitrogen and oxygen atoms in total. The number of benzene rings is 1. The summed E-state index contributed by atoms with van der Waals surface area (Å²) in [6, 6.07) is 2.66. The van der Waals surface area contributed by atoms with Gasteiger partial charge >= 0.3 is 12.1 Å². The van der Waals surface area contributed by atoms with Crippen LogP contribution < -0.4 is 15.5 Å². The summed E-state index contributed by atoms with van der Waals surface area (Å²) in [4.78, 5) is 42.1. The predicted octanol–water partition coefficient (Wildman–Crippen LogP) is 3.85. The third kappa shape index (κ3) is 7.53. The largest absolute Gasteiger partial charge is 0.444 e. The molecule has 2 heterocycles. The van der Waals surface area contributed by atoms with Gasteiger partial charge in [0.05, 0.1) is 4.91 Å². The Morgan fingerprint density at radius 2 is 2.03 bits per heavy atom. The average molecular weight is 507 g/mol. The zero-order valence-corrected chi connectivity index (χ0v) is 21.3. The Morgan fingerprint density at radius 1 is 1.29 bits per heavy atom. The minimum atomic E-state index is -1.03. The molecule has 2 aliphatic heterocycles. The number of hydrogen-bond donors (Lipinski definition) is 2. The van der Waals surface area contributed by atoms with Crippen molar-refractivity contribution < 1.29 is 28.2 Å². The van der Waals surface area contributed by atoms with E-state index in [-0.39, 0.29) is 11.7 Å². The predicted molar refractivity (Wildman–Crippen MR) is 132 cm³/mol. The fraction of sp³-hybridized carbons (Fsp3) is 0.500. The van der Waals surface area contributed by atoms with Gasteiger partial charge in [0.1, 0.15) is 23.2 Å². The molecule has 0 bridgehead atoms. The number of amides is 2. The van der Waals surface area contributed by atoms with E-state index in [0.717, 1.165) is 32.0 Å². The third-order valence-electron chi connectivity index (χ3n) is 5.02. The Bertz CT molecular complexity index is 1040. The van der Waals surface area contributed by atoms with Crippen LogP contribution in [0.15, 0.2) is 28.1 Å². The summed E-state index contributed by atoms with van der Waals surface area (Å²) in [6.07, 6.45) is 2.79. The van der Waals surface area contributed by atoms with E-state index in [2.05, 4.69) is 15.7 Å². The van der Waals surface area contributed by atoms with Crippen LogP contribution in [0.4, 0.5) is 9.18 Å². The topological polar surface area (TPSA) is 109 Å². The lowest BCUT2D eigenvalue weighted by Gasteiger charge is -2.28. The number of hydrogen-bond acceptors (Lipinski definition) is 8. The summed E-state index contributed by atoms with van der Waals surface area (Å²) in [7, 11) is 0. The van der Waals surface area contributed by atoms with Crippen LogP contribution in [0.3, 0.4) is 0 Å². The van der Waals surface area contributed by atoms with Gasteiger partial charge in [0.25, 0.3) is 5.91 Å². The SMILES string of the molecule is CC(C)C(NC(=O)OC(C)(C)C)C(=O)Oc1cc(F)ccc1C=C1SC(N2CCCCN2)=NC1=O. The molecular formula is C24H31FN4O5S. The number of aliphatic imine (C=N–C) groups is 1. The molecule has 1 saturated heterocycles. The molecule has 0 aromatic heterocycles. The smallest absolute Gasteiger partial charge is 0.408 e. The molecule has 3 rings (SSSR count). The molecule has 2 N–H and O–H groups in total. The van der Waals surface area contributed by atoms with Gasteiger partial charge in [-0.2, -0.15) is 4.99 Å². The van der Waals surface area contributed by atoms with Gasteiger partial charge in [0.15, 0.2) is 5.17 Å². The minimum Gasteiger partial charge on any atom is -0.444 e. The van der Waals surface area contributed by atoms with Crippen molar-refractivity contribution in [1.29, 1.82) is 0 Å². The molecule has 1 aromatic rings. The van der Waals surface area contributed by atoms with Crippen molar-refractivity contribution in [3.63, 3.8) is 0 Å². The van der Waals surface area contributed by atoms with Gasteiger partial charge in [-0.1, -0.05) is 13.8 Å². The highest BCUT2D eigenvalue weighted by Gasteiger charge is 2.30. The van der Waals surface area contributed by atoms with Crippen molar-refractivity contribution in [2.75, 3.05) is 13.1 Å². The number of alkyl carbamates (subject to hydrolysis) is 1. The zero-order valence-electron chi connectivity index (χ0n) is 20.5. The first kappa shape index (κ1) is 26.7. The first-order valence-electron chi connectivity index (χ1n) is 11.5. The summed E-state index contributed by atoms with van der Waals surface area (Å²) >= 11 is 1.19. The van der Waals surface area contributed by atoms with Gasteiger partial charge in [-0.15, -0.1) is 0 Å². The second-order valence-corrected chi connectivity index (χ2v) is 10.6. The number of nitrogens with zero attached hydrogens (tertiary/aromatic N) is 2. The number of carbonyl (C=O) groups is 3. The Labute approximate surface area is 208 Å². The van der Waals surface area contributed by atoms with E-state index in [1.807, 2.05) is 5.01 Å². The van der Waals surface area contributed by atoms with Crippen molar-refractivity contribution >= 4 is 41.0 Å². The second kappa shape index (κ2) is 11.2. The Hall–Kier alpha value is -2.92. The first-order chi connectivity index (χ1) is 16.4. The lowest BCUT2D eigenvalue weighted by atomic mass is 10.0. The average Bonchev–Trinajstić information content (AvgIpc) is 3.13. The van der Waals surface area contributed by atoms with E-state index >= 15 is 0 Å². The summed E-state index contributed by atoms with van der Waals surface area (Å²) in [6.45, 7) is 10.1. The van der Waals surface area contributed by atoms with Crippen molar-refractivity contribution in [1.82, 2.24) is 15.8 Å². The number of nitrogens with one attached hydrogen (secondary N) is 2. The van der Waals surface area contributed by atoms with E-state index in [0.29, 0.717) is 15.6 Å². The van der Waals surface area contributed by atoms with E-state index in [9.17, 15) is 18.8 Å². The van der Waals surface area contributed by atoms with Crippen LogP contribution >= 0.6 is 11.8 Å². The quantitative estimate of drug-likeness (QED) is 0.352. The minimum absolute atomic E-state index is 0.0721. The lowest BCUT2D eigenvalue weighted by Crippen LogP contribution is -2.48. The molecule has 1 atom stereocenters. The molecule has 0 saturated carbocycles. The number of halogens is 1. The maximum Gasteiger partial charge on any atom is 0.408 e. The number of thioether (sulfide) groups is 1. The van der Waals surface area contributed by atoms with Crippen molar-refractivity contribution in [2.45, 2.75) is 59.1 Å². The van der Waals surface area contributed by atoms with Crippen LogP contribution in [0.1, 0.15) is 53.0 Å². The highest BCUT2D eigenvalue weighted by Crippen LogP contribution is 2.33. The van der Waals surface area contributed by atoms with E-state index in [4.69, 9.17) is 9.47 Å². The monoisotopic (exact) mass is 506 g/mol. The first-order valence-corrected chi connectivity index (χ1v) is 12.3. The Kier molecular flexibility index (Phi) is 8.55. The van der Waals surface area contributed by atoms with Crippen LogP contribution in [0.25, 0.3) is 6.08 Å². The summed E-state index contributed by atoms with van der Waals surface area (Å²) in [5.74, 6) is -2.22. The normalized spacial score (nSPS) is 18.5. The van der Waals surface area contributed by atoms with Crippen molar-refractivity contribution in [3.8, 4) is 5.75 Å². The molecule has 1 aromatic carbocycles. The number of rotatable bonds is 5. The molecule has 0 aliphatic carbocycles. The maximum atomic E-state index is 14.0. The highest BCUT2D eigenvalue weighted by molar-refractivity contribution is 8.18. The Balaban J connectivity index is 1.77. The molecule has 190 valence electrons. The molecule has 0 radical (unpaired) electrons. The molecule has 1 unspecified atom stereocenters. The highest BCUT2D eigenvalue weighted by atomic mass is 32.2. The number of amidine groups is 1. The maximum absolute atomic E-state index is 14.0. The molecule has 1 fully saturated rings. The van der Waals surface area contributed by atoms with Crippen LogP contribution in [0.5, 0.6) is 5.75 Å². The van der Waals surface area contributed by atoms with Crippen molar-refractivity contribution in [3.05, 3.63) is 34.5 Å². The van der Waals surface area contributed by atoms with Crippen molar-refractivity contribution in [2.24, 2.45) is 10.9 Å². The van der Waals surface area contributed by atoms with Gasteiger partial charge in [-0.25, -0.2) is 19.4 Å². The Morgan fingerprint density at radius 3 is 2.66 bits per heavy atom. The summed E-state index contributed by atoms with van der Waals surface area (Å²) in [5.41, 5.74) is 2.79. The summed E-state index contributed by atoms with van der Waals surface area (Å²) in [5, 5.41) is 4.90. The van der Waals surface area contributed by atoms with Gasteiger partial charge in [-0.3, -0.25) is 9.80 Å². The molecule has 35 heavy (non-hydrogen) atoms. The number of esters is 1. The number of carbonyl (C=O) groups excluding carboxylic acids is 3. The van der Waals surface area contributed by atoms with Crippen LogP contribution in [-0.4, -0.2) is 52.9 Å². The van der Waals surface area contributed by atoms with Gasteiger partial charge in [0, 0.05) is 24.7 Å². The van der Waals surface area contributed by atoms with Crippen LogP contribution in [0.2, 0.25) is 0 Å².